The third-order valence-electron chi connectivity index (χ3n) is 0.246. The Kier molecular flexibility index (Phi) is 7.76. The molecular formula is CH5BF4N2SSn. The molecule has 3 N–H and O–H groups in total. The van der Waals surface area contributed by atoms with E-state index < -0.39 is 20.7 Å². The number of hydrogen-bond donors (Lipinski definition) is 2. The van der Waals surface area contributed by atoms with Crippen molar-refractivity contribution in [3.63, 3.8) is 0 Å². The summed E-state index contributed by atoms with van der Waals surface area (Å²) in [5.74, 6) is 0. The van der Waals surface area contributed by atoms with Crippen molar-refractivity contribution in [2.75, 3.05) is 0 Å². The van der Waals surface area contributed by atoms with Crippen LogP contribution in [-0.4, -0.2) is 33.8 Å². The van der Waals surface area contributed by atoms with Crippen LogP contribution in [0.1, 0.15) is 0 Å². The Labute approximate surface area is 68.6 Å². The maximum atomic E-state index is 9.90. The van der Waals surface area contributed by atoms with E-state index in [0.29, 0.717) is 5.11 Å². The molecule has 0 aromatic carbocycles. The molecule has 0 amide bonds. The second kappa shape index (κ2) is 6.01. The molecular weight excluding hydrogens is 278 g/mol. The van der Waals surface area contributed by atoms with Crippen molar-refractivity contribution < 1.29 is 11.5 Å². The normalized spacial score (nSPS) is 9.20. The summed E-state index contributed by atoms with van der Waals surface area (Å²) in [7, 11) is 1.68. The average molecular weight is 283 g/mol. The standard InChI is InChI=1S/CH5BN2S.4FH.Sn/c2-4-1(3)5;;;;;/h2H2,(H3,3,4,5);4*1H;/q;;;;;+4/p-4. The van der Waals surface area contributed by atoms with Crippen LogP contribution in [0.15, 0.2) is 0 Å². The minimum atomic E-state index is -7.18. The van der Waals surface area contributed by atoms with Gasteiger partial charge in [-0.05, 0) is 12.2 Å². The molecule has 0 bridgehead atoms. The molecule has 0 aliphatic carbocycles. The molecule has 0 heterocycles. The van der Waals surface area contributed by atoms with Crippen molar-refractivity contribution in [1.29, 1.82) is 0 Å². The van der Waals surface area contributed by atoms with Gasteiger partial charge in [0.1, 0.15) is 0 Å². The molecule has 0 saturated carbocycles. The molecule has 0 fully saturated rings. The van der Waals surface area contributed by atoms with E-state index in [-0.39, 0.29) is 0 Å². The van der Waals surface area contributed by atoms with Gasteiger partial charge in [-0.1, -0.05) is 0 Å². The summed E-state index contributed by atoms with van der Waals surface area (Å²) >= 11 is -2.82. The first kappa shape index (κ1) is 12.9. The van der Waals surface area contributed by atoms with Crippen molar-refractivity contribution in [2.45, 2.75) is 0 Å². The van der Waals surface area contributed by atoms with Gasteiger partial charge < -0.3 is 11.0 Å². The van der Waals surface area contributed by atoms with Crippen LogP contribution in [0, 0.1) is 0 Å². The third-order valence-corrected chi connectivity index (χ3v) is 0.451. The number of hydrogen-bond acceptors (Lipinski definition) is 1. The Bertz CT molecular complexity index is 99.9. The average Bonchev–Trinajstić information content (AvgIpc) is 1.61. The molecule has 0 radical (unpaired) electrons. The number of rotatable bonds is 0. The molecule has 10 heavy (non-hydrogen) atoms. The summed E-state index contributed by atoms with van der Waals surface area (Å²) in [6.07, 6.45) is 0. The van der Waals surface area contributed by atoms with E-state index in [1.54, 1.807) is 7.98 Å². The Hall–Kier alpha value is 0.274. The Morgan fingerprint density at radius 3 is 1.50 bits per heavy atom. The van der Waals surface area contributed by atoms with Gasteiger partial charge in [0.2, 0.25) is 7.98 Å². The fourth-order valence-corrected chi connectivity index (χ4v) is 0. The summed E-state index contributed by atoms with van der Waals surface area (Å²) in [5.41, 5.74) is 4.91. The second-order valence-electron chi connectivity index (χ2n) is 1.04. The van der Waals surface area contributed by atoms with Crippen LogP contribution in [0.3, 0.4) is 0 Å². The molecule has 9 heteroatoms. The molecule has 0 unspecified atom stereocenters. The Balaban J connectivity index is 0. The van der Waals surface area contributed by atoms with E-state index in [9.17, 15) is 11.5 Å². The van der Waals surface area contributed by atoms with Crippen LogP contribution >= 0.6 is 12.2 Å². The zero-order chi connectivity index (χ0) is 8.78. The first-order valence-corrected chi connectivity index (χ1v) is 6.72. The topological polar surface area (TPSA) is 38.0 Å². The van der Waals surface area contributed by atoms with E-state index in [4.69, 9.17) is 5.73 Å². The molecule has 0 aromatic rings. The van der Waals surface area contributed by atoms with Gasteiger partial charge in [0.05, 0.1) is 0 Å². The van der Waals surface area contributed by atoms with E-state index >= 15 is 0 Å². The van der Waals surface area contributed by atoms with Gasteiger partial charge in [-0.25, -0.2) is 0 Å². The van der Waals surface area contributed by atoms with Crippen LogP contribution in [0.5, 0.6) is 0 Å². The van der Waals surface area contributed by atoms with Crippen LogP contribution in [0.2, 0.25) is 0 Å². The number of halogens is 4. The predicted molar refractivity (Wildman–Crippen MR) is 38.7 cm³/mol. The van der Waals surface area contributed by atoms with Gasteiger partial charge in [0.15, 0.2) is 5.11 Å². The van der Waals surface area contributed by atoms with Crippen molar-refractivity contribution >= 4 is 46.0 Å². The van der Waals surface area contributed by atoms with Gasteiger partial charge >= 0.3 is 32.1 Å². The van der Waals surface area contributed by atoms with Crippen LogP contribution in [-0.2, 0) is 0 Å². The monoisotopic (exact) mass is 284 g/mol. The summed E-state index contributed by atoms with van der Waals surface area (Å²) in [6, 6.07) is 0. The Morgan fingerprint density at radius 2 is 1.50 bits per heavy atom. The summed E-state index contributed by atoms with van der Waals surface area (Å²) in [5, 5.41) is 2.88. The quantitative estimate of drug-likeness (QED) is 0.363. The summed E-state index contributed by atoms with van der Waals surface area (Å²) in [4.78, 5) is 0. The molecule has 0 aliphatic rings. The minimum absolute atomic E-state index is 0.338. The molecule has 0 atom stereocenters. The van der Waals surface area contributed by atoms with Crippen molar-refractivity contribution in [1.82, 2.24) is 5.23 Å². The summed E-state index contributed by atoms with van der Waals surface area (Å²) < 4.78 is 39.6. The third kappa shape index (κ3) is 84.7. The predicted octanol–water partition coefficient (Wildman–Crippen LogP) is -0.332. The molecule has 0 rings (SSSR count). The van der Waals surface area contributed by atoms with Gasteiger partial charge in [0.25, 0.3) is 0 Å². The van der Waals surface area contributed by atoms with Crippen LogP contribution in [0.25, 0.3) is 0 Å². The molecule has 0 spiro atoms. The number of thiocarbonyl (C=S) groups is 1. The van der Waals surface area contributed by atoms with E-state index in [2.05, 4.69) is 17.4 Å². The maximum absolute atomic E-state index is 9.90. The fraction of sp³-hybridized carbons (Fsp3) is 0. The molecule has 2 nitrogen and oxygen atoms in total. The number of nitrogens with two attached hydrogens (primary N) is 1. The zero-order valence-corrected chi connectivity index (χ0v) is 8.67. The van der Waals surface area contributed by atoms with E-state index in [1.807, 2.05) is 0 Å². The van der Waals surface area contributed by atoms with Gasteiger partial charge in [-0.2, -0.15) is 0 Å². The SMILES string of the molecule is BNC(N)=S.[F][Sn]([F])([F])[F]. The second-order valence-corrected chi connectivity index (χ2v) is 3.93. The van der Waals surface area contributed by atoms with Crippen molar-refractivity contribution in [3.8, 4) is 0 Å². The fourth-order valence-electron chi connectivity index (χ4n) is 0. The molecule has 0 saturated heterocycles. The molecule has 0 aliphatic heterocycles. The first-order chi connectivity index (χ1) is 4.27. The molecule has 60 valence electrons. The van der Waals surface area contributed by atoms with E-state index in [1.165, 1.54) is 0 Å². The van der Waals surface area contributed by atoms with E-state index in [0.717, 1.165) is 0 Å². The van der Waals surface area contributed by atoms with Gasteiger partial charge in [-0.15, -0.1) is 0 Å². The molecule has 0 aromatic heterocycles. The Morgan fingerprint density at radius 1 is 1.40 bits per heavy atom. The van der Waals surface area contributed by atoms with Gasteiger partial charge in [-0.3, -0.25) is 0 Å². The van der Waals surface area contributed by atoms with Crippen LogP contribution in [0.4, 0.5) is 11.5 Å². The zero-order valence-electron chi connectivity index (χ0n) is 5.00. The first-order valence-electron chi connectivity index (χ1n) is 2.00. The number of nitrogens with one attached hydrogen (secondary N) is 1. The van der Waals surface area contributed by atoms with Crippen LogP contribution < -0.4 is 11.0 Å². The van der Waals surface area contributed by atoms with Gasteiger partial charge in [0, 0.05) is 0 Å². The van der Waals surface area contributed by atoms with Crippen molar-refractivity contribution in [2.24, 2.45) is 5.73 Å². The summed E-state index contributed by atoms with van der Waals surface area (Å²) in [6.45, 7) is 0. The van der Waals surface area contributed by atoms with Crippen molar-refractivity contribution in [3.05, 3.63) is 0 Å².